The molecule has 5 aliphatic rings. The van der Waals surface area contributed by atoms with Crippen molar-refractivity contribution in [1.29, 1.82) is 0 Å². The number of ether oxygens (including phenoxy) is 1. The Balaban J connectivity index is 0.940. The van der Waals surface area contributed by atoms with Crippen molar-refractivity contribution in [3.63, 3.8) is 0 Å². The summed E-state index contributed by atoms with van der Waals surface area (Å²) in [6.07, 6.45) is 1.87. The van der Waals surface area contributed by atoms with Gasteiger partial charge in [-0.05, 0) is 147 Å². The largest absolute Gasteiger partial charge is 0.508 e. The minimum absolute atomic E-state index is 0.00365. The van der Waals surface area contributed by atoms with Gasteiger partial charge in [-0.1, -0.05) is 49.0 Å². The predicted octanol–water partition coefficient (Wildman–Crippen LogP) is 3.30. The van der Waals surface area contributed by atoms with Crippen LogP contribution in [0.5, 0.6) is 40.2 Å². The average Bonchev–Trinajstić information content (AvgIpc) is 0.745. The molecule has 0 saturated heterocycles. The normalized spacial score (nSPS) is 19.4. The standard InChI is InChI=1S/C87H101N15O19S/c1-52-23-26-58-69(47-52)121-70-49-56(103)25-28-59(70)73(58)57-27-24-53(48-68(57)86(119)120)98-87(122)95-30-5-3-12-55-51-102-42-36-94-81(114)63-16-7-14-61(75(63)108)79(112)90-32-38-100(40-34-92-83(116)65-18-9-20-67(77(65)110)85(118)97-55)44-43-99-37-31-89-78(111)60-13-6-15-62(74(60)107)80(113)93-35-41-101(45-46-102)50-54(11-2-4-29-88-71(104)21-10-22-72(105)106)96-84(117)66-19-8-17-64(76(66)109)82(115)91-33-39-99/h6-9,13-20,23-28,47-49,54-55,103,107-110H,1-5,10-12,21-22,29-46,50-51H2,(H,88,104)(H,89,111)(H,90,112)(H,91,115)(H,92,116)(H,93,113)(H,94,114)(H,96,117)(H,97,118)(H,105,106)(H,119,120)(H2,95,98,122). The Kier molecular flexibility index (Phi) is 31.7. The van der Waals surface area contributed by atoms with Crippen LogP contribution >= 0.6 is 12.2 Å². The van der Waals surface area contributed by atoms with E-state index in [2.05, 4.69) is 65.1 Å². The number of fused-ring (bicyclic) bond motifs is 18. The number of carboxylic acid groups (broad SMARTS) is 2. The molecule has 34 nitrogen and oxygen atoms in total. The quantitative estimate of drug-likeness (QED) is 0.0459. The smallest absolute Gasteiger partial charge is 0.336 e. The highest BCUT2D eigenvalue weighted by molar-refractivity contribution is 7.80. The summed E-state index contributed by atoms with van der Waals surface area (Å²) >= 11 is 5.78. The van der Waals surface area contributed by atoms with Crippen LogP contribution in [-0.4, -0.2) is 269 Å². The second-order valence-electron chi connectivity index (χ2n) is 30.0. The van der Waals surface area contributed by atoms with E-state index in [0.29, 0.717) is 70.0 Å². The Morgan fingerprint density at radius 1 is 0.418 bits per heavy atom. The average molecular weight is 1690 g/mol. The Morgan fingerprint density at radius 2 is 0.811 bits per heavy atom. The molecule has 35 heteroatoms. The van der Waals surface area contributed by atoms with Crippen LogP contribution in [0.15, 0.2) is 127 Å². The number of thiocarbonyl (C=S) groups is 1. The van der Waals surface area contributed by atoms with Gasteiger partial charge in [-0.2, -0.15) is 0 Å². The molecule has 5 heterocycles. The zero-order valence-electron chi connectivity index (χ0n) is 67.2. The summed E-state index contributed by atoms with van der Waals surface area (Å²) in [4.78, 5) is 160. The summed E-state index contributed by atoms with van der Waals surface area (Å²) in [7, 11) is 0. The van der Waals surface area contributed by atoms with Crippen molar-refractivity contribution >= 4 is 100 Å². The number of anilines is 1. The fourth-order valence-electron chi connectivity index (χ4n) is 14.9. The first kappa shape index (κ1) is 89.6. The van der Waals surface area contributed by atoms with Gasteiger partial charge in [0.25, 0.3) is 47.3 Å². The van der Waals surface area contributed by atoms with E-state index in [4.69, 9.17) is 17.0 Å². The van der Waals surface area contributed by atoms with Gasteiger partial charge in [0.15, 0.2) is 5.11 Å². The molecule has 5 aliphatic heterocycles. The third-order valence-corrected chi connectivity index (χ3v) is 21.6. The number of para-hydroxylation sites is 4. The van der Waals surface area contributed by atoms with Crippen molar-refractivity contribution in [2.24, 2.45) is 0 Å². The second-order valence-corrected chi connectivity index (χ2v) is 30.4. The van der Waals surface area contributed by atoms with Crippen LogP contribution in [0.4, 0.5) is 5.69 Å². The van der Waals surface area contributed by atoms with Crippen molar-refractivity contribution in [3.05, 3.63) is 199 Å². The van der Waals surface area contributed by atoms with E-state index in [9.17, 15) is 83.7 Å². The molecule has 0 fully saturated rings. The van der Waals surface area contributed by atoms with E-state index in [-0.39, 0.29) is 230 Å². The number of carbonyl (C=O) groups is 11. The maximum atomic E-state index is 15.0. The number of unbranched alkanes of at least 4 members (excludes halogenated alkanes) is 2. The zero-order chi connectivity index (χ0) is 86.9. The van der Waals surface area contributed by atoms with E-state index in [1.165, 1.54) is 91.0 Å². The molecule has 0 radical (unpaired) electrons. The third kappa shape index (κ3) is 24.3. The fraction of sp³-hybridized carbons (Fsp3) is 0.356. The van der Waals surface area contributed by atoms with E-state index < -0.39 is 94.3 Å². The maximum Gasteiger partial charge on any atom is 0.336 e. The number of aliphatic carboxylic acids is 1. The molecule has 9 amide bonds. The Bertz CT molecular complexity index is 5230. The van der Waals surface area contributed by atoms with Gasteiger partial charge in [0, 0.05) is 184 Å². The molecule has 7 aromatic rings. The molecule has 12 bridgehead atoms. The molecule has 0 aliphatic carbocycles. The lowest BCUT2D eigenvalue weighted by atomic mass is 9.89. The SMILES string of the molecule is C=c1ccc2c(c1)Oc1cc(O)ccc1C=2c1ccc(NC(=S)NCCCCC2CN3CCNC(=O)c4cccc(c4O)C(=O)NCCN(CCNC(=O)c4cccc(c4O)C(=O)N2)CCN2CCNC(=O)c4cccc(c4O)C(=O)NCCN(CC3)CC(CCCCNC(=O)CCCC(=O)O)NC(=O)c3cccc(c3O)C(=O)NCC2)cc1C(=O)O. The van der Waals surface area contributed by atoms with Crippen molar-refractivity contribution in [2.75, 3.05) is 136 Å². The van der Waals surface area contributed by atoms with Gasteiger partial charge in [0.05, 0.1) is 50.1 Å². The molecule has 644 valence electrons. The van der Waals surface area contributed by atoms with Crippen molar-refractivity contribution in [2.45, 2.75) is 69.9 Å². The number of phenolic OH excluding ortho intramolecular Hbond substituents is 5. The van der Waals surface area contributed by atoms with Gasteiger partial charge in [-0.3, -0.25) is 67.5 Å². The molecule has 122 heavy (non-hydrogen) atoms. The maximum absolute atomic E-state index is 15.0. The minimum Gasteiger partial charge on any atom is -0.508 e. The van der Waals surface area contributed by atoms with Crippen LogP contribution in [0.2, 0.25) is 0 Å². The summed E-state index contributed by atoms with van der Waals surface area (Å²) in [6.45, 7) is 4.92. The number of hydrogen-bond donors (Lipinski definition) is 18. The number of rotatable bonds is 17. The summed E-state index contributed by atoms with van der Waals surface area (Å²) < 4.78 is 6.16. The molecular weight excluding hydrogens is 1590 g/mol. The number of phenols is 5. The molecule has 7 aromatic carbocycles. The molecule has 6 unspecified atom stereocenters. The summed E-state index contributed by atoms with van der Waals surface area (Å²) in [5.74, 6) is -10.3. The van der Waals surface area contributed by atoms with Crippen LogP contribution in [0.3, 0.4) is 0 Å². The van der Waals surface area contributed by atoms with E-state index in [0.717, 1.165) is 0 Å². The summed E-state index contributed by atoms with van der Waals surface area (Å²) in [5, 5.41) is 111. The van der Waals surface area contributed by atoms with Crippen LogP contribution in [0.25, 0.3) is 12.2 Å². The van der Waals surface area contributed by atoms with Gasteiger partial charge >= 0.3 is 11.9 Å². The van der Waals surface area contributed by atoms with Gasteiger partial charge < -0.3 is 99.0 Å². The van der Waals surface area contributed by atoms with E-state index in [1.807, 2.05) is 19.6 Å². The lowest BCUT2D eigenvalue weighted by Gasteiger charge is -2.33. The summed E-state index contributed by atoms with van der Waals surface area (Å²) in [5.41, 5.74) is -0.0774. The monoisotopic (exact) mass is 1690 g/mol. The highest BCUT2D eigenvalue weighted by Crippen LogP contribution is 2.40. The molecule has 0 saturated carbocycles. The first-order valence-corrected chi connectivity index (χ1v) is 40.9. The minimum atomic E-state index is -1.24. The van der Waals surface area contributed by atoms with E-state index in [1.54, 1.807) is 36.4 Å². The third-order valence-electron chi connectivity index (χ3n) is 21.4. The summed E-state index contributed by atoms with van der Waals surface area (Å²) in [6, 6.07) is 29.7. The Hall–Kier alpha value is -13.2. The number of amides is 9. The first-order valence-electron chi connectivity index (χ1n) is 40.5. The number of hydrogen-bond acceptors (Lipinski definition) is 22. The Labute approximate surface area is 708 Å². The first-order chi connectivity index (χ1) is 58.8. The lowest BCUT2D eigenvalue weighted by molar-refractivity contribution is -0.137. The van der Waals surface area contributed by atoms with Crippen LogP contribution in [-0.2, 0) is 9.59 Å². The van der Waals surface area contributed by atoms with Gasteiger partial charge in [0.2, 0.25) is 5.91 Å². The van der Waals surface area contributed by atoms with Crippen molar-refractivity contribution < 1.29 is 93.2 Å². The van der Waals surface area contributed by atoms with Crippen LogP contribution in [0, 0.1) is 0 Å². The molecule has 12 rings (SSSR count). The second kappa shape index (κ2) is 43.1. The van der Waals surface area contributed by atoms with Gasteiger partial charge in [-0.25, -0.2) is 4.79 Å². The Morgan fingerprint density at radius 3 is 1.23 bits per heavy atom. The predicted molar refractivity (Wildman–Crippen MR) is 456 cm³/mol. The number of aromatic carboxylic acids is 1. The fourth-order valence-corrected chi connectivity index (χ4v) is 15.1. The number of carboxylic acids is 2. The number of carbonyl (C=O) groups excluding carboxylic acids is 9. The number of benzene rings is 7. The highest BCUT2D eigenvalue weighted by Gasteiger charge is 2.31. The number of nitrogens with zero attached hydrogens (tertiary/aromatic N) is 4. The van der Waals surface area contributed by atoms with Crippen LogP contribution < -0.4 is 73.7 Å². The molecule has 0 aromatic heterocycles. The number of aromatic hydroxyl groups is 5. The van der Waals surface area contributed by atoms with Gasteiger partial charge in [0.1, 0.15) is 40.2 Å². The molecular formula is C87H101N15O19S. The zero-order valence-corrected chi connectivity index (χ0v) is 68.0. The van der Waals surface area contributed by atoms with Crippen LogP contribution in [0.1, 0.15) is 162 Å². The van der Waals surface area contributed by atoms with Gasteiger partial charge in [-0.15, -0.1) is 0 Å². The topological polar surface area (TPSA) is 484 Å². The van der Waals surface area contributed by atoms with Crippen molar-refractivity contribution in [3.8, 4) is 40.2 Å². The number of nitrogens with one attached hydrogen (secondary N) is 11. The van der Waals surface area contributed by atoms with Crippen molar-refractivity contribution in [1.82, 2.24) is 72.8 Å². The highest BCUT2D eigenvalue weighted by atomic mass is 32.1. The van der Waals surface area contributed by atoms with E-state index >= 15 is 4.79 Å². The lowest BCUT2D eigenvalue weighted by Crippen LogP contribution is -2.50. The molecule has 0 spiro atoms. The molecule has 18 N–H and O–H groups in total. The molecule has 6 atom stereocenters.